The highest BCUT2D eigenvalue weighted by Crippen LogP contribution is 2.27. The lowest BCUT2D eigenvalue weighted by Crippen LogP contribution is -1.99. The van der Waals surface area contributed by atoms with Crippen LogP contribution in [0.1, 0.15) is 18.4 Å². The van der Waals surface area contributed by atoms with Crippen LogP contribution in [0.4, 0.5) is 0 Å². The Morgan fingerprint density at radius 3 is 2.77 bits per heavy atom. The molecule has 0 aliphatic heterocycles. The zero-order valence-electron chi connectivity index (χ0n) is 14.4. The quantitative estimate of drug-likeness (QED) is 0.472. The third-order valence-electron chi connectivity index (χ3n) is 3.83. The van der Waals surface area contributed by atoms with Gasteiger partial charge >= 0.3 is 0 Å². The molecule has 0 aliphatic rings. The van der Waals surface area contributed by atoms with Crippen LogP contribution in [0.2, 0.25) is 0 Å². The number of aryl methyl sites for hydroxylation is 1. The number of hydrogen-bond donors (Lipinski definition) is 0. The number of benzene rings is 1. The van der Waals surface area contributed by atoms with Crippen molar-refractivity contribution in [3.05, 3.63) is 54.1 Å². The molecule has 0 spiro atoms. The lowest BCUT2D eigenvalue weighted by atomic mass is 10.1. The van der Waals surface area contributed by atoms with Crippen molar-refractivity contribution in [2.24, 2.45) is 0 Å². The minimum Gasteiger partial charge on any atom is -0.461 e. The number of furan rings is 1. The van der Waals surface area contributed by atoms with Gasteiger partial charge in [-0.2, -0.15) is 0 Å². The summed E-state index contributed by atoms with van der Waals surface area (Å²) in [4.78, 5) is 0. The largest absolute Gasteiger partial charge is 0.461 e. The summed E-state index contributed by atoms with van der Waals surface area (Å²) < 4.78 is 13.2. The van der Waals surface area contributed by atoms with Gasteiger partial charge in [0, 0.05) is 12.1 Å². The monoisotopic (exact) mass is 367 g/mol. The summed E-state index contributed by atoms with van der Waals surface area (Å²) in [5.74, 6) is 3.01. The maximum Gasteiger partial charge on any atom is 0.247 e. The molecule has 4 aromatic rings. The topological polar surface area (TPSA) is 82.8 Å². The van der Waals surface area contributed by atoms with Gasteiger partial charge in [0.2, 0.25) is 11.8 Å². The lowest BCUT2D eigenvalue weighted by Gasteiger charge is -2.04. The predicted molar refractivity (Wildman–Crippen MR) is 97.4 cm³/mol. The number of hydrogen-bond acceptors (Lipinski definition) is 7. The summed E-state index contributed by atoms with van der Waals surface area (Å²) in [6, 6.07) is 11.7. The fourth-order valence-corrected chi connectivity index (χ4v) is 3.44. The highest BCUT2D eigenvalue weighted by atomic mass is 32.2. The molecule has 8 heteroatoms. The third-order valence-corrected chi connectivity index (χ3v) is 4.78. The van der Waals surface area contributed by atoms with Gasteiger partial charge in [0.15, 0.2) is 16.7 Å². The van der Waals surface area contributed by atoms with Gasteiger partial charge in [0.1, 0.15) is 0 Å². The first-order valence-corrected chi connectivity index (χ1v) is 9.22. The van der Waals surface area contributed by atoms with Crippen LogP contribution in [-0.4, -0.2) is 25.0 Å². The Balaban J connectivity index is 1.50. The van der Waals surface area contributed by atoms with Crippen molar-refractivity contribution in [1.82, 2.24) is 25.0 Å². The molecule has 0 bridgehead atoms. The Labute approximate surface area is 154 Å². The van der Waals surface area contributed by atoms with Crippen LogP contribution in [0.5, 0.6) is 0 Å². The Kier molecular flexibility index (Phi) is 4.57. The second-order valence-corrected chi connectivity index (χ2v) is 6.63. The summed E-state index contributed by atoms with van der Waals surface area (Å²) >= 11 is 1.51. The fraction of sp³-hybridized carbons (Fsp3) is 0.222. The minimum atomic E-state index is 0.523. The first-order valence-electron chi connectivity index (χ1n) is 8.24. The summed E-state index contributed by atoms with van der Waals surface area (Å²) in [7, 11) is 0. The van der Waals surface area contributed by atoms with Crippen molar-refractivity contribution in [1.29, 1.82) is 0 Å². The number of rotatable bonds is 6. The van der Waals surface area contributed by atoms with E-state index in [1.165, 1.54) is 11.8 Å². The van der Waals surface area contributed by atoms with Gasteiger partial charge in [-0.3, -0.25) is 4.57 Å². The van der Waals surface area contributed by atoms with Crippen LogP contribution < -0.4 is 0 Å². The maximum absolute atomic E-state index is 5.78. The molecule has 0 fully saturated rings. The lowest BCUT2D eigenvalue weighted by molar-refractivity contribution is 0.528. The summed E-state index contributed by atoms with van der Waals surface area (Å²) in [5, 5.41) is 17.6. The number of thioether (sulfide) groups is 1. The van der Waals surface area contributed by atoms with Crippen molar-refractivity contribution in [2.45, 2.75) is 31.3 Å². The van der Waals surface area contributed by atoms with Crippen LogP contribution in [0, 0.1) is 6.92 Å². The Hall–Kier alpha value is -2.87. The Morgan fingerprint density at radius 2 is 2.00 bits per heavy atom. The Morgan fingerprint density at radius 1 is 1.08 bits per heavy atom. The zero-order chi connectivity index (χ0) is 17.9. The third kappa shape index (κ3) is 3.28. The molecule has 0 radical (unpaired) electrons. The SMILES string of the molecule is CCn1c(SCc2nnc(-c3cccc(C)c3)o2)nnc1-c1ccco1. The Bertz CT molecular complexity index is 1010. The van der Waals surface area contributed by atoms with E-state index in [2.05, 4.69) is 20.4 Å². The summed E-state index contributed by atoms with van der Waals surface area (Å²) in [6.07, 6.45) is 1.63. The second-order valence-electron chi connectivity index (χ2n) is 5.69. The van der Waals surface area contributed by atoms with Gasteiger partial charge < -0.3 is 8.83 Å². The molecule has 132 valence electrons. The average Bonchev–Trinajstić information content (AvgIpc) is 3.39. The molecule has 0 saturated carbocycles. The van der Waals surface area contributed by atoms with E-state index in [0.717, 1.165) is 22.8 Å². The van der Waals surface area contributed by atoms with E-state index in [4.69, 9.17) is 8.83 Å². The smallest absolute Gasteiger partial charge is 0.247 e. The van der Waals surface area contributed by atoms with Crippen LogP contribution >= 0.6 is 11.8 Å². The van der Waals surface area contributed by atoms with E-state index in [1.807, 2.05) is 54.8 Å². The first kappa shape index (κ1) is 16.6. The van der Waals surface area contributed by atoms with Gasteiger partial charge in [-0.05, 0) is 38.1 Å². The van der Waals surface area contributed by atoms with Crippen LogP contribution in [0.25, 0.3) is 23.0 Å². The van der Waals surface area contributed by atoms with Crippen LogP contribution in [0.15, 0.2) is 56.7 Å². The van der Waals surface area contributed by atoms with Crippen molar-refractivity contribution >= 4 is 11.8 Å². The molecule has 7 nitrogen and oxygen atoms in total. The van der Waals surface area contributed by atoms with Crippen molar-refractivity contribution in [3.63, 3.8) is 0 Å². The average molecular weight is 367 g/mol. The molecule has 0 saturated heterocycles. The summed E-state index contributed by atoms with van der Waals surface area (Å²) in [6.45, 7) is 4.82. The van der Waals surface area contributed by atoms with Gasteiger partial charge in [-0.1, -0.05) is 29.5 Å². The van der Waals surface area contributed by atoms with E-state index in [-0.39, 0.29) is 0 Å². The standard InChI is InChI=1S/C18H17N5O2S/c1-3-23-16(14-8-5-9-24-14)20-22-18(23)26-11-15-19-21-17(25-15)13-7-4-6-12(2)10-13/h4-10H,3,11H2,1-2H3. The predicted octanol–water partition coefficient (Wildman–Crippen LogP) is 4.21. The molecule has 0 unspecified atom stereocenters. The van der Waals surface area contributed by atoms with Crippen LogP contribution in [0.3, 0.4) is 0 Å². The number of nitrogens with zero attached hydrogens (tertiary/aromatic N) is 5. The van der Waals surface area contributed by atoms with E-state index in [0.29, 0.717) is 29.1 Å². The van der Waals surface area contributed by atoms with Gasteiger partial charge in [0.05, 0.1) is 12.0 Å². The molecule has 1 aromatic carbocycles. The van der Waals surface area contributed by atoms with E-state index in [9.17, 15) is 0 Å². The van der Waals surface area contributed by atoms with Gasteiger partial charge in [0.25, 0.3) is 0 Å². The second kappa shape index (κ2) is 7.17. The van der Waals surface area contributed by atoms with E-state index < -0.39 is 0 Å². The van der Waals surface area contributed by atoms with E-state index in [1.54, 1.807) is 6.26 Å². The van der Waals surface area contributed by atoms with Gasteiger partial charge in [-0.15, -0.1) is 20.4 Å². The molecule has 0 amide bonds. The molecule has 4 rings (SSSR count). The van der Waals surface area contributed by atoms with Gasteiger partial charge in [-0.25, -0.2) is 0 Å². The maximum atomic E-state index is 5.78. The number of aromatic nitrogens is 5. The fourth-order valence-electron chi connectivity index (χ4n) is 2.60. The molecule has 0 N–H and O–H groups in total. The molecule has 3 aromatic heterocycles. The summed E-state index contributed by atoms with van der Waals surface area (Å²) in [5.41, 5.74) is 2.07. The molecule has 3 heterocycles. The molecule has 0 atom stereocenters. The van der Waals surface area contributed by atoms with Crippen molar-refractivity contribution in [2.75, 3.05) is 0 Å². The van der Waals surface area contributed by atoms with E-state index >= 15 is 0 Å². The highest BCUT2D eigenvalue weighted by Gasteiger charge is 2.16. The minimum absolute atomic E-state index is 0.523. The van der Waals surface area contributed by atoms with Crippen molar-refractivity contribution < 1.29 is 8.83 Å². The zero-order valence-corrected chi connectivity index (χ0v) is 15.2. The molecule has 26 heavy (non-hydrogen) atoms. The molecule has 0 aliphatic carbocycles. The molecular formula is C18H17N5O2S. The highest BCUT2D eigenvalue weighted by molar-refractivity contribution is 7.98. The normalized spacial score (nSPS) is 11.2. The first-order chi connectivity index (χ1) is 12.7. The molecular weight excluding hydrogens is 350 g/mol. The van der Waals surface area contributed by atoms with Crippen LogP contribution in [-0.2, 0) is 12.3 Å². The van der Waals surface area contributed by atoms with Crippen molar-refractivity contribution in [3.8, 4) is 23.0 Å².